The molecule has 7 heteroatoms. The number of alkyl halides is 3. The second-order valence-corrected chi connectivity index (χ2v) is 8.56. The number of ether oxygens (including phenoxy) is 1. The first-order chi connectivity index (χ1) is 15.4. The molecule has 1 fully saturated rings. The van der Waals surface area contributed by atoms with E-state index in [1.165, 1.54) is 17.2 Å². The second-order valence-electron chi connectivity index (χ2n) is 8.12. The fraction of sp³-hybridized carbons (Fsp3) is 0.320. The molecule has 0 amide bonds. The third kappa shape index (κ3) is 5.81. The van der Waals surface area contributed by atoms with Crippen LogP contribution in [0.1, 0.15) is 29.0 Å². The molecule has 0 unspecified atom stereocenters. The zero-order chi connectivity index (χ0) is 22.6. The Morgan fingerprint density at radius 2 is 1.75 bits per heavy atom. The molecule has 1 saturated heterocycles. The lowest BCUT2D eigenvalue weighted by Gasteiger charge is -2.39. The van der Waals surface area contributed by atoms with Gasteiger partial charge in [0.05, 0.1) is 12.2 Å². The quantitative estimate of drug-likeness (QED) is 0.423. The van der Waals surface area contributed by atoms with Crippen LogP contribution in [0.3, 0.4) is 0 Å². The summed E-state index contributed by atoms with van der Waals surface area (Å²) in [5.41, 5.74) is 1.67. The fourth-order valence-corrected chi connectivity index (χ4v) is 4.29. The summed E-state index contributed by atoms with van der Waals surface area (Å²) in [6.07, 6.45) is -2.67. The molecule has 4 rings (SSSR count). The van der Waals surface area contributed by atoms with Crippen molar-refractivity contribution in [3.63, 3.8) is 0 Å². The van der Waals surface area contributed by atoms with Gasteiger partial charge in [0.2, 0.25) is 5.88 Å². The monoisotopic (exact) mass is 460 g/mol. The predicted octanol–water partition coefficient (Wildman–Crippen LogP) is 6.44. The molecule has 1 aromatic heterocycles. The Morgan fingerprint density at radius 1 is 1.00 bits per heavy atom. The summed E-state index contributed by atoms with van der Waals surface area (Å²) in [6.45, 7) is 3.06. The zero-order valence-electron chi connectivity index (χ0n) is 17.4. The third-order valence-corrected chi connectivity index (χ3v) is 6.15. The van der Waals surface area contributed by atoms with Gasteiger partial charge in [0.1, 0.15) is 0 Å². The lowest BCUT2D eigenvalue weighted by atomic mass is 9.81. The Morgan fingerprint density at radius 3 is 2.41 bits per heavy atom. The summed E-state index contributed by atoms with van der Waals surface area (Å²) < 4.78 is 44.1. The van der Waals surface area contributed by atoms with E-state index in [0.717, 1.165) is 38.3 Å². The van der Waals surface area contributed by atoms with Gasteiger partial charge in [0.15, 0.2) is 0 Å². The topological polar surface area (TPSA) is 25.4 Å². The molecule has 0 saturated carbocycles. The van der Waals surface area contributed by atoms with Crippen molar-refractivity contribution < 1.29 is 17.9 Å². The highest BCUT2D eigenvalue weighted by atomic mass is 35.5. The minimum absolute atomic E-state index is 0.208. The highest BCUT2D eigenvalue weighted by Gasteiger charge is 2.32. The van der Waals surface area contributed by atoms with Gasteiger partial charge in [-0.3, -0.25) is 4.90 Å². The van der Waals surface area contributed by atoms with E-state index in [1.807, 2.05) is 42.5 Å². The third-order valence-electron chi connectivity index (χ3n) is 5.90. The van der Waals surface area contributed by atoms with Crippen molar-refractivity contribution in [1.82, 2.24) is 9.88 Å². The summed E-state index contributed by atoms with van der Waals surface area (Å²) in [5.74, 6) is 0.644. The van der Waals surface area contributed by atoms with Crippen LogP contribution in [0.15, 0.2) is 72.9 Å². The summed E-state index contributed by atoms with van der Waals surface area (Å²) in [7, 11) is 0. The molecular weight excluding hydrogens is 437 g/mol. The summed E-state index contributed by atoms with van der Waals surface area (Å²) >= 11 is 6.09. The lowest BCUT2D eigenvalue weighted by Crippen LogP contribution is -2.40. The first kappa shape index (κ1) is 22.6. The smallest absolute Gasteiger partial charge is 0.417 e. The van der Waals surface area contributed by atoms with Crippen molar-refractivity contribution in [3.8, 4) is 5.88 Å². The van der Waals surface area contributed by atoms with Gasteiger partial charge in [-0.25, -0.2) is 4.98 Å². The Hall–Kier alpha value is -2.57. The largest absolute Gasteiger partial charge is 0.477 e. The number of hydrogen-bond donors (Lipinski definition) is 0. The van der Waals surface area contributed by atoms with E-state index in [4.69, 9.17) is 16.3 Å². The van der Waals surface area contributed by atoms with E-state index >= 15 is 0 Å². The van der Waals surface area contributed by atoms with Crippen LogP contribution in [-0.2, 0) is 12.7 Å². The first-order valence-corrected chi connectivity index (χ1v) is 10.9. The Balaban J connectivity index is 1.45. The van der Waals surface area contributed by atoms with Crippen LogP contribution in [0, 0.1) is 5.92 Å². The van der Waals surface area contributed by atoms with Gasteiger partial charge in [-0.2, -0.15) is 13.2 Å². The highest BCUT2D eigenvalue weighted by Crippen LogP contribution is 2.34. The Kier molecular flexibility index (Phi) is 7.01. The van der Waals surface area contributed by atoms with E-state index in [2.05, 4.69) is 22.0 Å². The molecule has 1 aliphatic rings. The summed E-state index contributed by atoms with van der Waals surface area (Å²) in [4.78, 5) is 6.27. The molecule has 0 radical (unpaired) electrons. The fourth-order valence-electron chi connectivity index (χ4n) is 4.17. The van der Waals surface area contributed by atoms with Gasteiger partial charge in [-0.05, 0) is 42.3 Å². The molecule has 0 spiro atoms. The SMILES string of the molecule is FC(F)(F)c1ccc(OC[C@@H]2CCN(Cc3ccccc3)C[C@H]2c2ccc(Cl)cc2)nc1. The van der Waals surface area contributed by atoms with Crippen molar-refractivity contribution in [3.05, 3.63) is 94.6 Å². The number of piperidine rings is 1. The van der Waals surface area contributed by atoms with Crippen LogP contribution in [-0.4, -0.2) is 29.6 Å². The number of likely N-dealkylation sites (tertiary alicyclic amines) is 1. The highest BCUT2D eigenvalue weighted by molar-refractivity contribution is 6.30. The predicted molar refractivity (Wildman–Crippen MR) is 119 cm³/mol. The van der Waals surface area contributed by atoms with Crippen molar-refractivity contribution in [2.45, 2.75) is 25.1 Å². The average Bonchev–Trinajstić information content (AvgIpc) is 2.79. The number of benzene rings is 2. The Bertz CT molecular complexity index is 994. The standard InChI is InChI=1S/C25H24ClF3N2O/c26-22-9-6-19(7-10-22)23-16-31(15-18-4-2-1-3-5-18)13-12-20(23)17-32-24-11-8-21(14-30-24)25(27,28)29/h1-11,14,20,23H,12-13,15-17H2/t20-,23-/m0/s1. The number of aromatic nitrogens is 1. The van der Waals surface area contributed by atoms with Gasteiger partial charge < -0.3 is 4.74 Å². The second kappa shape index (κ2) is 9.92. The maximum Gasteiger partial charge on any atom is 0.417 e. The van der Waals surface area contributed by atoms with Crippen molar-refractivity contribution in [2.24, 2.45) is 5.92 Å². The van der Waals surface area contributed by atoms with Gasteiger partial charge in [0.25, 0.3) is 0 Å². The molecular formula is C25H24ClF3N2O. The van der Waals surface area contributed by atoms with Crippen molar-refractivity contribution in [2.75, 3.05) is 19.7 Å². The van der Waals surface area contributed by atoms with Crippen LogP contribution < -0.4 is 4.74 Å². The van der Waals surface area contributed by atoms with Crippen LogP contribution in [0.2, 0.25) is 5.02 Å². The Labute approximate surface area is 190 Å². The molecule has 0 N–H and O–H groups in total. The summed E-state index contributed by atoms with van der Waals surface area (Å²) in [5, 5.41) is 0.687. The molecule has 168 valence electrons. The molecule has 2 atom stereocenters. The van der Waals surface area contributed by atoms with Crippen molar-refractivity contribution in [1.29, 1.82) is 0 Å². The van der Waals surface area contributed by atoms with Crippen LogP contribution in [0.25, 0.3) is 0 Å². The minimum Gasteiger partial charge on any atom is -0.477 e. The van der Waals surface area contributed by atoms with Gasteiger partial charge in [-0.15, -0.1) is 0 Å². The number of rotatable bonds is 6. The van der Waals surface area contributed by atoms with Gasteiger partial charge in [-0.1, -0.05) is 54.1 Å². The van der Waals surface area contributed by atoms with Crippen LogP contribution in [0.4, 0.5) is 13.2 Å². The van der Waals surface area contributed by atoms with Gasteiger partial charge >= 0.3 is 6.18 Å². The van der Waals surface area contributed by atoms with E-state index in [-0.39, 0.29) is 17.7 Å². The van der Waals surface area contributed by atoms with E-state index < -0.39 is 11.7 Å². The van der Waals surface area contributed by atoms with E-state index in [0.29, 0.717) is 11.6 Å². The minimum atomic E-state index is -4.41. The number of nitrogens with zero attached hydrogens (tertiary/aromatic N) is 2. The van der Waals surface area contributed by atoms with Gasteiger partial charge in [0, 0.05) is 42.2 Å². The van der Waals surface area contributed by atoms with Crippen molar-refractivity contribution >= 4 is 11.6 Å². The zero-order valence-corrected chi connectivity index (χ0v) is 18.2. The maximum atomic E-state index is 12.8. The maximum absolute atomic E-state index is 12.8. The molecule has 3 aromatic rings. The van der Waals surface area contributed by atoms with Crippen LogP contribution in [0.5, 0.6) is 5.88 Å². The first-order valence-electron chi connectivity index (χ1n) is 10.6. The molecule has 2 heterocycles. The van der Waals surface area contributed by atoms with Crippen LogP contribution >= 0.6 is 11.6 Å². The molecule has 0 bridgehead atoms. The normalized spacial score (nSPS) is 19.6. The summed E-state index contributed by atoms with van der Waals surface area (Å²) in [6, 6.07) is 20.5. The molecule has 0 aliphatic carbocycles. The average molecular weight is 461 g/mol. The molecule has 1 aliphatic heterocycles. The molecule has 32 heavy (non-hydrogen) atoms. The molecule has 3 nitrogen and oxygen atoms in total. The molecule has 2 aromatic carbocycles. The lowest BCUT2D eigenvalue weighted by molar-refractivity contribution is -0.137. The van der Waals surface area contributed by atoms with E-state index in [9.17, 15) is 13.2 Å². The number of halogens is 4. The number of pyridine rings is 1. The van der Waals surface area contributed by atoms with E-state index in [1.54, 1.807) is 0 Å². The number of hydrogen-bond acceptors (Lipinski definition) is 3.